The summed E-state index contributed by atoms with van der Waals surface area (Å²) in [6.07, 6.45) is 2.33. The number of carbonyl (C=O) groups is 2. The second-order valence-corrected chi connectivity index (χ2v) is 10.7. The van der Waals surface area contributed by atoms with Crippen molar-refractivity contribution in [1.29, 1.82) is 0 Å². The molecule has 1 amide bonds. The van der Waals surface area contributed by atoms with Crippen molar-refractivity contribution in [2.75, 3.05) is 18.6 Å². The number of benzene rings is 2. The molecule has 1 aromatic heterocycles. The highest BCUT2D eigenvalue weighted by Crippen LogP contribution is 2.50. The van der Waals surface area contributed by atoms with E-state index in [1.807, 2.05) is 49.4 Å². The van der Waals surface area contributed by atoms with Gasteiger partial charge in [-0.05, 0) is 68.0 Å². The highest BCUT2D eigenvalue weighted by atomic mass is 32.1. The smallest absolute Gasteiger partial charge is 0.296 e. The van der Waals surface area contributed by atoms with Gasteiger partial charge < -0.3 is 14.2 Å². The fourth-order valence-electron chi connectivity index (χ4n) is 5.63. The summed E-state index contributed by atoms with van der Waals surface area (Å²) in [5, 5.41) is 0.532. The molecular formula is C28H28N2O5S. The maximum Gasteiger partial charge on any atom is 0.296 e. The van der Waals surface area contributed by atoms with Crippen LogP contribution in [0.3, 0.4) is 0 Å². The number of nitrogens with zero attached hydrogens (tertiary/aromatic N) is 2. The Bertz CT molecular complexity index is 1380. The molecule has 3 heterocycles. The van der Waals surface area contributed by atoms with Crippen molar-refractivity contribution >= 4 is 38.4 Å². The van der Waals surface area contributed by atoms with Crippen LogP contribution >= 0.6 is 11.3 Å². The summed E-state index contributed by atoms with van der Waals surface area (Å²) in [7, 11) is 1.62. The van der Waals surface area contributed by atoms with Crippen molar-refractivity contribution in [3.05, 3.63) is 59.4 Å². The number of ether oxygens (including phenoxy) is 3. The molecule has 1 aliphatic carbocycles. The van der Waals surface area contributed by atoms with Crippen LogP contribution in [-0.2, 0) is 14.3 Å². The number of carbonyl (C=O) groups excluding carboxylic acids is 2. The lowest BCUT2D eigenvalue weighted by molar-refractivity contribution is -0.132. The number of rotatable bonds is 5. The summed E-state index contributed by atoms with van der Waals surface area (Å²) in [6.45, 7) is 4.67. The van der Waals surface area contributed by atoms with Crippen LogP contribution in [0, 0.1) is 11.8 Å². The molecule has 8 heteroatoms. The first kappa shape index (κ1) is 23.0. The first-order valence-electron chi connectivity index (χ1n) is 12.4. The highest BCUT2D eigenvalue weighted by molar-refractivity contribution is 7.22. The van der Waals surface area contributed by atoms with Gasteiger partial charge in [-0.15, -0.1) is 0 Å². The summed E-state index contributed by atoms with van der Waals surface area (Å²) in [5.74, 6) is 1.62. The predicted molar refractivity (Wildman–Crippen MR) is 137 cm³/mol. The van der Waals surface area contributed by atoms with Crippen LogP contribution in [0.5, 0.6) is 11.5 Å². The Balaban J connectivity index is 1.47. The Labute approximate surface area is 213 Å². The Morgan fingerprint density at radius 1 is 1.11 bits per heavy atom. The normalized spacial score (nSPS) is 25.6. The first-order valence-corrected chi connectivity index (χ1v) is 13.3. The minimum Gasteiger partial charge on any atom is -0.497 e. The zero-order valence-corrected chi connectivity index (χ0v) is 21.3. The second-order valence-electron chi connectivity index (χ2n) is 9.70. The van der Waals surface area contributed by atoms with E-state index in [-0.39, 0.29) is 29.5 Å². The number of fused-ring (bicyclic) bond motifs is 2. The number of anilines is 1. The van der Waals surface area contributed by atoms with Gasteiger partial charge in [0, 0.05) is 0 Å². The van der Waals surface area contributed by atoms with E-state index in [1.54, 1.807) is 12.0 Å². The van der Waals surface area contributed by atoms with Gasteiger partial charge in [0.1, 0.15) is 17.6 Å². The van der Waals surface area contributed by atoms with Crippen molar-refractivity contribution < 1.29 is 23.8 Å². The zero-order valence-electron chi connectivity index (χ0n) is 20.5. The molecule has 1 fully saturated rings. The van der Waals surface area contributed by atoms with Crippen LogP contribution in [-0.4, -0.2) is 36.5 Å². The lowest BCUT2D eigenvalue weighted by atomic mass is 9.74. The summed E-state index contributed by atoms with van der Waals surface area (Å²) >= 11 is 1.41. The lowest BCUT2D eigenvalue weighted by Gasteiger charge is -2.37. The molecule has 2 aromatic carbocycles. The summed E-state index contributed by atoms with van der Waals surface area (Å²) in [5.41, 5.74) is 2.05. The number of Topliss-reactive ketones (excluding diaryl/α,β-unsaturated/α-hetero) is 1. The SMILES string of the molecule is CCOc1ccc(C2C3=C(OC4CCC(C)CC4C3=O)C(=O)N2c2nc3ccc(OC)cc3s2)cc1. The molecule has 3 aliphatic rings. The quantitative estimate of drug-likeness (QED) is 0.460. The molecule has 0 radical (unpaired) electrons. The molecule has 6 rings (SSSR count). The maximum atomic E-state index is 13.9. The number of ketones is 1. The van der Waals surface area contributed by atoms with Crippen LogP contribution in [0.25, 0.3) is 10.2 Å². The van der Waals surface area contributed by atoms with Crippen LogP contribution in [0.4, 0.5) is 5.13 Å². The van der Waals surface area contributed by atoms with Gasteiger partial charge in [0.15, 0.2) is 16.7 Å². The van der Waals surface area contributed by atoms with Crippen LogP contribution in [0.2, 0.25) is 0 Å². The maximum absolute atomic E-state index is 13.9. The standard InChI is InChI=1S/C28H28N2O5S/c1-4-34-17-8-6-16(7-9-17)24-23-25(31)19-13-15(2)5-12-21(19)35-26(23)27(32)30(24)28-29-20-11-10-18(33-3)14-22(20)36-28/h6-11,14-15,19,21,24H,4-5,12-13H2,1-3H3. The Hall–Kier alpha value is -3.39. The van der Waals surface area contributed by atoms with Gasteiger partial charge in [0.2, 0.25) is 0 Å². The van der Waals surface area contributed by atoms with E-state index in [1.165, 1.54) is 11.3 Å². The molecule has 186 valence electrons. The fraction of sp³-hybridized carbons (Fsp3) is 0.393. The Morgan fingerprint density at radius 3 is 2.64 bits per heavy atom. The molecule has 7 nitrogen and oxygen atoms in total. The molecule has 0 spiro atoms. The van der Waals surface area contributed by atoms with Gasteiger partial charge in [-0.1, -0.05) is 30.4 Å². The molecule has 0 N–H and O–H groups in total. The van der Waals surface area contributed by atoms with Crippen LogP contribution in [0.1, 0.15) is 44.7 Å². The first-order chi connectivity index (χ1) is 17.5. The molecule has 2 aliphatic heterocycles. The van der Waals surface area contributed by atoms with E-state index < -0.39 is 6.04 Å². The number of methoxy groups -OCH3 is 1. The van der Waals surface area contributed by atoms with Crippen LogP contribution < -0.4 is 14.4 Å². The van der Waals surface area contributed by atoms with E-state index in [0.717, 1.165) is 46.5 Å². The van der Waals surface area contributed by atoms with E-state index in [4.69, 9.17) is 19.2 Å². The molecule has 1 saturated carbocycles. The van der Waals surface area contributed by atoms with Gasteiger partial charge in [0.25, 0.3) is 5.91 Å². The number of thiazole rings is 1. The van der Waals surface area contributed by atoms with Gasteiger partial charge in [-0.2, -0.15) is 0 Å². The van der Waals surface area contributed by atoms with E-state index >= 15 is 0 Å². The molecule has 3 aromatic rings. The minimum absolute atomic E-state index is 0.0327. The third kappa shape index (κ3) is 3.66. The Morgan fingerprint density at radius 2 is 1.89 bits per heavy atom. The minimum atomic E-state index is -0.601. The second kappa shape index (κ2) is 8.92. The number of aromatic nitrogens is 1. The predicted octanol–water partition coefficient (Wildman–Crippen LogP) is 5.45. The van der Waals surface area contributed by atoms with Crippen molar-refractivity contribution in [2.24, 2.45) is 11.8 Å². The molecule has 0 saturated heterocycles. The number of amides is 1. The van der Waals surface area contributed by atoms with Crippen molar-refractivity contribution in [3.8, 4) is 11.5 Å². The summed E-state index contributed by atoms with van der Waals surface area (Å²) in [6, 6.07) is 12.6. The van der Waals surface area contributed by atoms with E-state index in [0.29, 0.717) is 23.2 Å². The van der Waals surface area contributed by atoms with Gasteiger partial charge in [-0.3, -0.25) is 14.5 Å². The third-order valence-corrected chi connectivity index (χ3v) is 8.42. The third-order valence-electron chi connectivity index (χ3n) is 7.41. The van der Waals surface area contributed by atoms with Crippen molar-refractivity contribution in [3.63, 3.8) is 0 Å². The number of hydrogen-bond acceptors (Lipinski definition) is 7. The number of hydrogen-bond donors (Lipinski definition) is 0. The monoisotopic (exact) mass is 504 g/mol. The van der Waals surface area contributed by atoms with Gasteiger partial charge in [-0.25, -0.2) is 4.98 Å². The fourth-order valence-corrected chi connectivity index (χ4v) is 6.65. The zero-order chi connectivity index (χ0) is 25.0. The topological polar surface area (TPSA) is 78.0 Å². The van der Waals surface area contributed by atoms with Gasteiger partial charge >= 0.3 is 0 Å². The Kier molecular flexibility index (Phi) is 5.71. The molecule has 36 heavy (non-hydrogen) atoms. The van der Waals surface area contributed by atoms with Crippen molar-refractivity contribution in [1.82, 2.24) is 4.98 Å². The van der Waals surface area contributed by atoms with E-state index in [2.05, 4.69) is 6.92 Å². The largest absolute Gasteiger partial charge is 0.497 e. The molecule has 4 unspecified atom stereocenters. The average Bonchev–Trinajstić information content (AvgIpc) is 3.43. The molecular weight excluding hydrogens is 476 g/mol. The van der Waals surface area contributed by atoms with Gasteiger partial charge in [0.05, 0.1) is 41.5 Å². The average molecular weight is 505 g/mol. The van der Waals surface area contributed by atoms with Crippen LogP contribution in [0.15, 0.2) is 53.8 Å². The summed E-state index contributed by atoms with van der Waals surface area (Å²) in [4.78, 5) is 34.2. The lowest BCUT2D eigenvalue weighted by Crippen LogP contribution is -2.41. The highest BCUT2D eigenvalue weighted by Gasteiger charge is 2.53. The molecule has 0 bridgehead atoms. The van der Waals surface area contributed by atoms with E-state index in [9.17, 15) is 9.59 Å². The van der Waals surface area contributed by atoms with Crippen molar-refractivity contribution in [2.45, 2.75) is 45.3 Å². The molecule has 4 atom stereocenters. The summed E-state index contributed by atoms with van der Waals surface area (Å²) < 4.78 is 18.2.